The van der Waals surface area contributed by atoms with Crippen molar-refractivity contribution in [3.8, 4) is 11.4 Å². The van der Waals surface area contributed by atoms with Gasteiger partial charge >= 0.3 is 6.18 Å². The number of alkyl halides is 3. The smallest absolute Gasteiger partial charge is 0.303 e. The maximum atomic E-state index is 12.7. The van der Waals surface area contributed by atoms with E-state index in [2.05, 4.69) is 5.10 Å². The van der Waals surface area contributed by atoms with Crippen molar-refractivity contribution in [3.05, 3.63) is 70.5 Å². The minimum Gasteiger partial charge on any atom is -0.303 e. The van der Waals surface area contributed by atoms with Crippen LogP contribution in [-0.2, 0) is 26.4 Å². The summed E-state index contributed by atoms with van der Waals surface area (Å²) in [6.45, 7) is 0.914. The van der Waals surface area contributed by atoms with Gasteiger partial charge in [-0.15, -0.1) is 0 Å². The van der Waals surface area contributed by atoms with E-state index in [1.807, 2.05) is 53.9 Å². The van der Waals surface area contributed by atoms with Gasteiger partial charge in [-0.3, -0.25) is 4.90 Å². The Bertz CT molecular complexity index is 959. The van der Waals surface area contributed by atoms with Gasteiger partial charge in [-0.25, -0.2) is 4.68 Å². The summed E-state index contributed by atoms with van der Waals surface area (Å²) in [4.78, 5) is 1.94. The zero-order chi connectivity index (χ0) is 19.6. The molecule has 142 valence electrons. The van der Waals surface area contributed by atoms with E-state index in [0.717, 1.165) is 29.1 Å². The second-order valence-electron chi connectivity index (χ2n) is 6.38. The highest BCUT2D eigenvalue weighted by atomic mass is 32.1. The Balaban J connectivity index is 1.73. The van der Waals surface area contributed by atoms with E-state index in [1.54, 1.807) is 4.68 Å². The van der Waals surface area contributed by atoms with E-state index < -0.39 is 11.7 Å². The fraction of sp³-hybridized carbons (Fsp3) is 0.263. The number of hydrogen-bond donors (Lipinski definition) is 0. The first kappa shape index (κ1) is 19.3. The summed E-state index contributed by atoms with van der Waals surface area (Å²) < 4.78 is 42.1. The first-order valence-corrected chi connectivity index (χ1v) is 8.70. The maximum Gasteiger partial charge on any atom is 0.416 e. The lowest BCUT2D eigenvalue weighted by Gasteiger charge is -2.17. The molecule has 0 N–H and O–H groups in total. The monoisotopic (exact) mass is 392 g/mol. The molecule has 1 aromatic heterocycles. The van der Waals surface area contributed by atoms with Crippen LogP contribution in [0, 0.1) is 4.77 Å². The Morgan fingerprint density at radius 2 is 1.67 bits per heavy atom. The van der Waals surface area contributed by atoms with Crippen molar-refractivity contribution in [2.24, 2.45) is 7.05 Å². The Hall–Kier alpha value is -2.45. The zero-order valence-electron chi connectivity index (χ0n) is 14.9. The van der Waals surface area contributed by atoms with Crippen LogP contribution in [0.15, 0.2) is 54.6 Å². The quantitative estimate of drug-likeness (QED) is 0.588. The third-order valence-electron chi connectivity index (χ3n) is 4.18. The Labute approximate surface area is 160 Å². The van der Waals surface area contributed by atoms with Crippen LogP contribution in [0.2, 0.25) is 0 Å². The largest absolute Gasteiger partial charge is 0.416 e. The normalized spacial score (nSPS) is 11.9. The van der Waals surface area contributed by atoms with Gasteiger partial charge in [0.15, 0.2) is 10.6 Å². The fourth-order valence-electron chi connectivity index (χ4n) is 2.81. The SMILES string of the molecule is CN(Cc1ccc(C(F)(F)F)cc1)Cn1nc(-c2ccccc2)n(C)c1=S. The summed E-state index contributed by atoms with van der Waals surface area (Å²) in [5.41, 5.74) is 1.11. The van der Waals surface area contributed by atoms with Crippen molar-refractivity contribution in [2.45, 2.75) is 19.4 Å². The van der Waals surface area contributed by atoms with Crippen LogP contribution >= 0.6 is 12.2 Å². The summed E-state index contributed by atoms with van der Waals surface area (Å²) in [6, 6.07) is 14.9. The van der Waals surface area contributed by atoms with Crippen LogP contribution in [0.25, 0.3) is 11.4 Å². The second-order valence-corrected chi connectivity index (χ2v) is 6.75. The Morgan fingerprint density at radius 3 is 2.26 bits per heavy atom. The summed E-state index contributed by atoms with van der Waals surface area (Å²) in [7, 11) is 3.74. The summed E-state index contributed by atoms with van der Waals surface area (Å²) in [5.74, 6) is 0.767. The number of benzene rings is 2. The van der Waals surface area contributed by atoms with Crippen LogP contribution in [0.1, 0.15) is 11.1 Å². The number of hydrogen-bond acceptors (Lipinski definition) is 3. The summed E-state index contributed by atoms with van der Waals surface area (Å²) in [6.07, 6.45) is -4.32. The van der Waals surface area contributed by atoms with E-state index >= 15 is 0 Å². The molecule has 0 radical (unpaired) electrons. The lowest BCUT2D eigenvalue weighted by molar-refractivity contribution is -0.137. The molecule has 0 bridgehead atoms. The molecule has 3 aromatic rings. The zero-order valence-corrected chi connectivity index (χ0v) is 15.8. The lowest BCUT2D eigenvalue weighted by Crippen LogP contribution is -2.22. The van der Waals surface area contributed by atoms with Crippen LogP contribution in [0.3, 0.4) is 0 Å². The molecule has 0 unspecified atom stereocenters. The van der Waals surface area contributed by atoms with Gasteiger partial charge in [0.25, 0.3) is 0 Å². The van der Waals surface area contributed by atoms with Gasteiger partial charge in [0, 0.05) is 19.2 Å². The highest BCUT2D eigenvalue weighted by Gasteiger charge is 2.29. The highest BCUT2D eigenvalue weighted by molar-refractivity contribution is 7.71. The minimum absolute atomic E-state index is 0.431. The number of halogens is 3. The van der Waals surface area contributed by atoms with Crippen molar-refractivity contribution < 1.29 is 13.2 Å². The van der Waals surface area contributed by atoms with E-state index in [4.69, 9.17) is 12.2 Å². The average Bonchev–Trinajstić information content (AvgIpc) is 2.90. The molecular formula is C19H19F3N4S. The van der Waals surface area contributed by atoms with E-state index in [9.17, 15) is 13.2 Å². The van der Waals surface area contributed by atoms with Crippen LogP contribution in [-0.4, -0.2) is 26.3 Å². The second kappa shape index (κ2) is 7.66. The predicted molar refractivity (Wildman–Crippen MR) is 100 cm³/mol. The molecule has 0 aliphatic rings. The molecule has 0 aliphatic heterocycles. The van der Waals surface area contributed by atoms with E-state index in [-0.39, 0.29) is 0 Å². The third kappa shape index (κ3) is 4.45. The summed E-state index contributed by atoms with van der Waals surface area (Å²) in [5, 5.41) is 4.59. The van der Waals surface area contributed by atoms with Crippen LogP contribution < -0.4 is 0 Å². The molecule has 2 aromatic carbocycles. The van der Waals surface area contributed by atoms with Gasteiger partial charge in [-0.2, -0.15) is 18.3 Å². The molecular weight excluding hydrogens is 373 g/mol. The predicted octanol–water partition coefficient (Wildman–Crippen LogP) is 4.73. The first-order valence-electron chi connectivity index (χ1n) is 8.29. The van der Waals surface area contributed by atoms with Crippen molar-refractivity contribution in [1.82, 2.24) is 19.2 Å². The Kier molecular flexibility index (Phi) is 5.48. The third-order valence-corrected chi connectivity index (χ3v) is 4.67. The van der Waals surface area contributed by atoms with Gasteiger partial charge < -0.3 is 4.57 Å². The van der Waals surface area contributed by atoms with Gasteiger partial charge in [0.05, 0.1) is 12.2 Å². The standard InChI is InChI=1S/C19H19F3N4S/c1-24(12-14-8-10-16(11-9-14)19(20,21)22)13-26-18(27)25(2)17(23-26)15-6-4-3-5-7-15/h3-11H,12-13H2,1-2H3. The molecule has 0 amide bonds. The molecule has 0 atom stereocenters. The lowest BCUT2D eigenvalue weighted by atomic mass is 10.1. The first-order chi connectivity index (χ1) is 12.8. The average molecular weight is 392 g/mol. The Morgan fingerprint density at radius 1 is 1.04 bits per heavy atom. The van der Waals surface area contributed by atoms with Gasteiger partial charge in [0.1, 0.15) is 0 Å². The van der Waals surface area contributed by atoms with Crippen molar-refractivity contribution >= 4 is 12.2 Å². The topological polar surface area (TPSA) is 26.0 Å². The molecule has 0 spiro atoms. The molecule has 3 rings (SSSR count). The molecule has 0 saturated heterocycles. The fourth-order valence-corrected chi connectivity index (χ4v) is 2.99. The van der Waals surface area contributed by atoms with Gasteiger partial charge in [0.2, 0.25) is 0 Å². The number of aromatic nitrogens is 3. The van der Waals surface area contributed by atoms with E-state index in [0.29, 0.717) is 18.0 Å². The molecule has 27 heavy (non-hydrogen) atoms. The van der Waals surface area contributed by atoms with Crippen LogP contribution in [0.5, 0.6) is 0 Å². The van der Waals surface area contributed by atoms with Gasteiger partial charge in [-0.1, -0.05) is 42.5 Å². The molecule has 0 aliphatic carbocycles. The molecule has 1 heterocycles. The van der Waals surface area contributed by atoms with E-state index in [1.165, 1.54) is 12.1 Å². The summed E-state index contributed by atoms with van der Waals surface area (Å²) >= 11 is 5.47. The number of rotatable bonds is 5. The van der Waals surface area contributed by atoms with Crippen LogP contribution in [0.4, 0.5) is 13.2 Å². The van der Waals surface area contributed by atoms with Gasteiger partial charge in [-0.05, 0) is 37.0 Å². The highest BCUT2D eigenvalue weighted by Crippen LogP contribution is 2.29. The van der Waals surface area contributed by atoms with Crippen molar-refractivity contribution in [2.75, 3.05) is 7.05 Å². The van der Waals surface area contributed by atoms with Crippen molar-refractivity contribution in [1.29, 1.82) is 0 Å². The minimum atomic E-state index is -4.32. The van der Waals surface area contributed by atoms with Crippen molar-refractivity contribution in [3.63, 3.8) is 0 Å². The number of nitrogens with zero attached hydrogens (tertiary/aromatic N) is 4. The molecule has 8 heteroatoms. The molecule has 0 saturated carbocycles. The molecule has 4 nitrogen and oxygen atoms in total. The maximum absolute atomic E-state index is 12.7. The molecule has 0 fully saturated rings.